The predicted molar refractivity (Wildman–Crippen MR) is 182 cm³/mol. The molecule has 46 heavy (non-hydrogen) atoms. The van der Waals surface area contributed by atoms with E-state index < -0.39 is 43.4 Å². The smallest absolute Gasteiger partial charge is 0.306 e. The van der Waals surface area contributed by atoms with E-state index in [2.05, 4.69) is 50.3 Å². The molecule has 0 aromatic heterocycles. The van der Waals surface area contributed by atoms with Crippen molar-refractivity contribution in [3.63, 3.8) is 0 Å². The standard InChI is InChI=1S/C37H66O9/c1-3-5-7-9-10-11-12-13-14-15-16-17-18-19-20-21-23-25-27-43-29-31(45-33(39)26-24-22-8-6-4-2)30-44-37-36(42)35(41)34(40)32(28-38)46-37/h5,7,10-11,13-14,31-32,34-38,40-42H,3-4,6,8-9,12,15-30H2,1-2H3/b7-5-,11-10-,14-13-. The first-order chi connectivity index (χ1) is 22.4. The number of hydrogen-bond donors (Lipinski definition) is 4. The van der Waals surface area contributed by atoms with Gasteiger partial charge < -0.3 is 39.4 Å². The van der Waals surface area contributed by atoms with E-state index in [0.717, 1.165) is 70.6 Å². The molecule has 0 bridgehead atoms. The Morgan fingerprint density at radius 2 is 1.33 bits per heavy atom. The molecular weight excluding hydrogens is 588 g/mol. The molecule has 9 nitrogen and oxygen atoms in total. The minimum atomic E-state index is -1.53. The molecule has 6 atom stereocenters. The maximum Gasteiger partial charge on any atom is 0.306 e. The van der Waals surface area contributed by atoms with Gasteiger partial charge in [-0.1, -0.05) is 115 Å². The van der Waals surface area contributed by atoms with Gasteiger partial charge in [-0.05, 0) is 44.9 Å². The van der Waals surface area contributed by atoms with Crippen LogP contribution in [0.5, 0.6) is 0 Å². The lowest BCUT2D eigenvalue weighted by molar-refractivity contribution is -0.305. The van der Waals surface area contributed by atoms with Crippen molar-refractivity contribution in [2.24, 2.45) is 0 Å². The Balaban J connectivity index is 2.24. The molecular formula is C37H66O9. The zero-order chi connectivity index (χ0) is 33.7. The molecule has 1 saturated heterocycles. The Bertz CT molecular complexity index is 798. The lowest BCUT2D eigenvalue weighted by Crippen LogP contribution is -2.59. The molecule has 1 fully saturated rings. The van der Waals surface area contributed by atoms with E-state index in [1.54, 1.807) is 0 Å². The molecule has 0 aromatic carbocycles. The zero-order valence-corrected chi connectivity index (χ0v) is 28.8. The number of carbonyl (C=O) groups is 1. The van der Waals surface area contributed by atoms with E-state index in [-0.39, 0.29) is 19.2 Å². The summed E-state index contributed by atoms with van der Waals surface area (Å²) < 4.78 is 22.5. The summed E-state index contributed by atoms with van der Waals surface area (Å²) in [7, 11) is 0. The van der Waals surface area contributed by atoms with Gasteiger partial charge in [-0.25, -0.2) is 0 Å². The van der Waals surface area contributed by atoms with Crippen LogP contribution in [0.3, 0.4) is 0 Å². The first-order valence-corrected chi connectivity index (χ1v) is 18.1. The minimum absolute atomic E-state index is 0.117. The van der Waals surface area contributed by atoms with Crippen LogP contribution in [0.25, 0.3) is 0 Å². The Morgan fingerprint density at radius 1 is 0.717 bits per heavy atom. The highest BCUT2D eigenvalue weighted by Gasteiger charge is 2.44. The lowest BCUT2D eigenvalue weighted by atomic mass is 9.99. The summed E-state index contributed by atoms with van der Waals surface area (Å²) in [6, 6.07) is 0. The van der Waals surface area contributed by atoms with Crippen LogP contribution in [0.1, 0.15) is 129 Å². The van der Waals surface area contributed by atoms with Crippen molar-refractivity contribution in [3.05, 3.63) is 36.5 Å². The highest BCUT2D eigenvalue weighted by Crippen LogP contribution is 2.22. The topological polar surface area (TPSA) is 135 Å². The maximum absolute atomic E-state index is 12.5. The second-order valence-electron chi connectivity index (χ2n) is 12.3. The molecule has 6 unspecified atom stereocenters. The summed E-state index contributed by atoms with van der Waals surface area (Å²) in [6.07, 6.45) is 25.0. The van der Waals surface area contributed by atoms with Gasteiger partial charge in [-0.2, -0.15) is 0 Å². The maximum atomic E-state index is 12.5. The number of aliphatic hydroxyl groups excluding tert-OH is 4. The van der Waals surface area contributed by atoms with Crippen LogP contribution >= 0.6 is 0 Å². The number of allylic oxidation sites excluding steroid dienone is 6. The average Bonchev–Trinajstić information content (AvgIpc) is 3.05. The number of rotatable bonds is 29. The van der Waals surface area contributed by atoms with Crippen molar-refractivity contribution >= 4 is 5.97 Å². The van der Waals surface area contributed by atoms with Gasteiger partial charge in [-0.3, -0.25) is 4.79 Å². The van der Waals surface area contributed by atoms with E-state index in [0.29, 0.717) is 13.0 Å². The summed E-state index contributed by atoms with van der Waals surface area (Å²) >= 11 is 0. The first kappa shape index (κ1) is 42.4. The number of unbranched alkanes of at least 4 members (excludes halogenated alkanes) is 12. The molecule has 4 N–H and O–H groups in total. The van der Waals surface area contributed by atoms with Crippen molar-refractivity contribution < 1.29 is 44.2 Å². The molecule has 9 heteroatoms. The second-order valence-corrected chi connectivity index (χ2v) is 12.3. The predicted octanol–water partition coefficient (Wildman–Crippen LogP) is 6.46. The van der Waals surface area contributed by atoms with Crippen molar-refractivity contribution in [2.75, 3.05) is 26.4 Å². The van der Waals surface area contributed by atoms with Gasteiger partial charge in [0.05, 0.1) is 19.8 Å². The van der Waals surface area contributed by atoms with Crippen LogP contribution in [-0.4, -0.2) is 89.6 Å². The highest BCUT2D eigenvalue weighted by atomic mass is 16.7. The summed E-state index contributed by atoms with van der Waals surface area (Å²) in [4.78, 5) is 12.5. The van der Waals surface area contributed by atoms with Crippen molar-refractivity contribution in [2.45, 2.75) is 166 Å². The largest absolute Gasteiger partial charge is 0.457 e. The molecule has 0 aromatic rings. The van der Waals surface area contributed by atoms with Crippen LogP contribution < -0.4 is 0 Å². The number of hydrogen-bond acceptors (Lipinski definition) is 9. The summed E-state index contributed by atoms with van der Waals surface area (Å²) in [5, 5.41) is 39.7. The van der Waals surface area contributed by atoms with E-state index in [1.165, 1.54) is 38.5 Å². The molecule has 1 aliphatic rings. The fourth-order valence-electron chi connectivity index (χ4n) is 5.21. The van der Waals surface area contributed by atoms with Crippen LogP contribution in [0.2, 0.25) is 0 Å². The fourth-order valence-corrected chi connectivity index (χ4v) is 5.21. The number of carbonyl (C=O) groups excluding carboxylic acids is 1. The van der Waals surface area contributed by atoms with Crippen LogP contribution in [-0.2, 0) is 23.7 Å². The monoisotopic (exact) mass is 654 g/mol. The van der Waals surface area contributed by atoms with Crippen molar-refractivity contribution in [1.29, 1.82) is 0 Å². The van der Waals surface area contributed by atoms with Crippen LogP contribution in [0.4, 0.5) is 0 Å². The third-order valence-corrected chi connectivity index (χ3v) is 8.07. The van der Waals surface area contributed by atoms with Gasteiger partial charge in [0.2, 0.25) is 0 Å². The molecule has 268 valence electrons. The summed E-state index contributed by atoms with van der Waals surface area (Å²) in [6.45, 7) is 4.32. The Labute approximate surface area is 279 Å². The van der Waals surface area contributed by atoms with Crippen LogP contribution in [0.15, 0.2) is 36.5 Å². The third kappa shape index (κ3) is 21.3. The van der Waals surface area contributed by atoms with Gasteiger partial charge >= 0.3 is 5.97 Å². The summed E-state index contributed by atoms with van der Waals surface area (Å²) in [5.41, 5.74) is 0. The third-order valence-electron chi connectivity index (χ3n) is 8.07. The van der Waals surface area contributed by atoms with Gasteiger partial charge in [0.25, 0.3) is 0 Å². The molecule has 1 rings (SSSR count). The van der Waals surface area contributed by atoms with Crippen molar-refractivity contribution in [3.8, 4) is 0 Å². The van der Waals surface area contributed by atoms with Gasteiger partial charge in [-0.15, -0.1) is 0 Å². The van der Waals surface area contributed by atoms with Crippen molar-refractivity contribution in [1.82, 2.24) is 0 Å². The Morgan fingerprint density at radius 3 is 2.00 bits per heavy atom. The van der Waals surface area contributed by atoms with E-state index in [4.69, 9.17) is 18.9 Å². The quantitative estimate of drug-likeness (QED) is 0.0407. The van der Waals surface area contributed by atoms with Gasteiger partial charge in [0, 0.05) is 13.0 Å². The number of aliphatic hydroxyl groups is 4. The lowest BCUT2D eigenvalue weighted by Gasteiger charge is -2.39. The van der Waals surface area contributed by atoms with Gasteiger partial charge in [0.1, 0.15) is 30.5 Å². The normalized spacial score (nSPS) is 22.8. The number of ether oxygens (including phenoxy) is 4. The molecule has 0 amide bonds. The second kappa shape index (κ2) is 29.5. The Hall–Kier alpha value is -1.59. The fraction of sp³-hybridized carbons (Fsp3) is 0.811. The number of esters is 1. The van der Waals surface area contributed by atoms with Crippen LogP contribution in [0, 0.1) is 0 Å². The van der Waals surface area contributed by atoms with E-state index in [1.807, 2.05) is 0 Å². The van der Waals surface area contributed by atoms with Gasteiger partial charge in [0.15, 0.2) is 6.29 Å². The van der Waals surface area contributed by atoms with E-state index >= 15 is 0 Å². The highest BCUT2D eigenvalue weighted by molar-refractivity contribution is 5.69. The Kier molecular flexibility index (Phi) is 27.3. The zero-order valence-electron chi connectivity index (χ0n) is 28.8. The summed E-state index contributed by atoms with van der Waals surface area (Å²) in [5.74, 6) is -0.332. The average molecular weight is 655 g/mol. The molecule has 1 heterocycles. The SMILES string of the molecule is CC/C=C\C/C=C\C/C=C\CCCCCCCCCCOCC(COC1OC(CO)C(O)C(O)C1O)OC(=O)CCCCCCC. The molecule has 1 aliphatic heterocycles. The molecule has 0 saturated carbocycles. The minimum Gasteiger partial charge on any atom is -0.457 e. The first-order valence-electron chi connectivity index (χ1n) is 18.1. The molecule has 0 radical (unpaired) electrons. The molecule has 0 aliphatic carbocycles. The van der Waals surface area contributed by atoms with E-state index in [9.17, 15) is 25.2 Å². The molecule has 0 spiro atoms.